The van der Waals surface area contributed by atoms with Gasteiger partial charge < -0.3 is 5.32 Å². The highest BCUT2D eigenvalue weighted by molar-refractivity contribution is 5.81. The van der Waals surface area contributed by atoms with Gasteiger partial charge in [-0.1, -0.05) is 0 Å². The molecule has 0 fully saturated rings. The van der Waals surface area contributed by atoms with Gasteiger partial charge in [-0.25, -0.2) is 14.4 Å². The largest absolute Gasteiger partial charge is 0.312 e. The average molecular weight is 205 g/mol. The van der Waals surface area contributed by atoms with Gasteiger partial charge in [-0.2, -0.15) is 0 Å². The van der Waals surface area contributed by atoms with E-state index >= 15 is 0 Å². The first-order chi connectivity index (χ1) is 7.22. The van der Waals surface area contributed by atoms with Crippen molar-refractivity contribution in [1.82, 2.24) is 15.3 Å². The molecule has 1 atom stereocenters. The van der Waals surface area contributed by atoms with Crippen molar-refractivity contribution in [1.29, 1.82) is 0 Å². The van der Waals surface area contributed by atoms with E-state index in [-0.39, 0.29) is 11.9 Å². The highest BCUT2D eigenvalue weighted by Gasteiger charge is 2.09. The fraction of sp³-hybridized carbons (Fsp3) is 0.273. The second kappa shape index (κ2) is 3.90. The Labute approximate surface area is 87.4 Å². The number of rotatable bonds is 2. The summed E-state index contributed by atoms with van der Waals surface area (Å²) in [6.07, 6.45) is 1.50. The third-order valence-electron chi connectivity index (χ3n) is 2.47. The summed E-state index contributed by atoms with van der Waals surface area (Å²) in [5, 5.41) is 3.84. The fourth-order valence-corrected chi connectivity index (χ4v) is 1.53. The summed E-state index contributed by atoms with van der Waals surface area (Å²) in [5.41, 5.74) is 1.59. The van der Waals surface area contributed by atoms with Crippen LogP contribution in [0.25, 0.3) is 10.9 Å². The molecule has 0 saturated heterocycles. The zero-order valence-electron chi connectivity index (χ0n) is 8.66. The van der Waals surface area contributed by atoms with Gasteiger partial charge in [0.05, 0.1) is 11.2 Å². The molecule has 2 aromatic rings. The highest BCUT2D eigenvalue weighted by atomic mass is 19.1. The Bertz CT molecular complexity index is 484. The maximum Gasteiger partial charge on any atom is 0.124 e. The summed E-state index contributed by atoms with van der Waals surface area (Å²) in [6.45, 7) is 1.98. The van der Waals surface area contributed by atoms with Crippen molar-refractivity contribution in [3.8, 4) is 0 Å². The number of halogens is 1. The molecule has 15 heavy (non-hydrogen) atoms. The Morgan fingerprint density at radius 3 is 2.87 bits per heavy atom. The minimum Gasteiger partial charge on any atom is -0.312 e. The highest BCUT2D eigenvalue weighted by Crippen LogP contribution is 2.20. The molecular formula is C11H12FN3. The number of aromatic nitrogens is 2. The number of fused-ring (bicyclic) bond motifs is 1. The second-order valence-electron chi connectivity index (χ2n) is 3.43. The van der Waals surface area contributed by atoms with Crippen LogP contribution >= 0.6 is 0 Å². The van der Waals surface area contributed by atoms with Gasteiger partial charge in [0.1, 0.15) is 12.1 Å². The summed E-state index contributed by atoms with van der Waals surface area (Å²) in [4.78, 5) is 8.27. The van der Waals surface area contributed by atoms with E-state index in [2.05, 4.69) is 15.3 Å². The standard InChI is InChI=1S/C11H12FN3/c1-7(13-2)11-9-5-8(12)3-4-10(9)14-6-15-11/h3-7,13H,1-2H3. The summed E-state index contributed by atoms with van der Waals surface area (Å²) in [6, 6.07) is 4.62. The third-order valence-corrected chi connectivity index (χ3v) is 2.47. The molecule has 0 amide bonds. The molecule has 1 aromatic carbocycles. The van der Waals surface area contributed by atoms with Gasteiger partial charge in [0.15, 0.2) is 0 Å². The maximum atomic E-state index is 13.1. The van der Waals surface area contributed by atoms with Gasteiger partial charge in [0.2, 0.25) is 0 Å². The topological polar surface area (TPSA) is 37.8 Å². The molecule has 1 unspecified atom stereocenters. The smallest absolute Gasteiger partial charge is 0.124 e. The van der Waals surface area contributed by atoms with Crippen LogP contribution in [0.1, 0.15) is 18.7 Å². The summed E-state index contributed by atoms with van der Waals surface area (Å²) >= 11 is 0. The lowest BCUT2D eigenvalue weighted by molar-refractivity contribution is 0.624. The van der Waals surface area contributed by atoms with Crippen LogP contribution in [0.4, 0.5) is 4.39 Å². The van der Waals surface area contributed by atoms with E-state index in [1.807, 2.05) is 14.0 Å². The van der Waals surface area contributed by atoms with Crippen molar-refractivity contribution in [2.45, 2.75) is 13.0 Å². The first-order valence-corrected chi connectivity index (χ1v) is 4.80. The van der Waals surface area contributed by atoms with Gasteiger partial charge in [0, 0.05) is 11.4 Å². The molecule has 78 valence electrons. The number of hydrogen-bond donors (Lipinski definition) is 1. The predicted molar refractivity (Wildman–Crippen MR) is 57.0 cm³/mol. The zero-order valence-corrected chi connectivity index (χ0v) is 8.66. The number of nitrogens with one attached hydrogen (secondary N) is 1. The molecule has 0 radical (unpaired) electrons. The normalized spacial score (nSPS) is 13.0. The summed E-state index contributed by atoms with van der Waals surface area (Å²) < 4.78 is 13.1. The molecule has 0 aliphatic carbocycles. The molecule has 1 N–H and O–H groups in total. The number of benzene rings is 1. The van der Waals surface area contributed by atoms with Crippen LogP contribution in [0, 0.1) is 5.82 Å². The molecule has 3 nitrogen and oxygen atoms in total. The fourth-order valence-electron chi connectivity index (χ4n) is 1.53. The van der Waals surface area contributed by atoms with E-state index in [0.717, 1.165) is 16.6 Å². The lowest BCUT2D eigenvalue weighted by Crippen LogP contribution is -2.14. The van der Waals surface area contributed by atoms with Gasteiger partial charge in [-0.15, -0.1) is 0 Å². The molecule has 2 rings (SSSR count). The monoisotopic (exact) mass is 205 g/mol. The Kier molecular flexibility index (Phi) is 2.60. The summed E-state index contributed by atoms with van der Waals surface area (Å²) in [7, 11) is 1.85. The van der Waals surface area contributed by atoms with Crippen LogP contribution in [0.5, 0.6) is 0 Å². The summed E-state index contributed by atoms with van der Waals surface area (Å²) in [5.74, 6) is -0.262. The molecule has 0 saturated carbocycles. The SMILES string of the molecule is CNC(C)c1ncnc2ccc(F)cc12. The van der Waals surface area contributed by atoms with Gasteiger partial charge in [-0.05, 0) is 32.2 Å². The van der Waals surface area contributed by atoms with E-state index in [1.165, 1.54) is 18.5 Å². The van der Waals surface area contributed by atoms with Crippen LogP contribution in [0.2, 0.25) is 0 Å². The molecule has 1 heterocycles. The minimum absolute atomic E-state index is 0.0808. The first kappa shape index (κ1) is 9.98. The molecular weight excluding hydrogens is 193 g/mol. The van der Waals surface area contributed by atoms with Crippen LogP contribution in [0.3, 0.4) is 0 Å². The molecule has 0 aliphatic heterocycles. The first-order valence-electron chi connectivity index (χ1n) is 4.80. The lowest BCUT2D eigenvalue weighted by Gasteiger charge is -2.11. The van der Waals surface area contributed by atoms with E-state index in [1.54, 1.807) is 6.07 Å². The zero-order chi connectivity index (χ0) is 10.8. The van der Waals surface area contributed by atoms with Crippen LogP contribution in [-0.2, 0) is 0 Å². The van der Waals surface area contributed by atoms with Crippen LogP contribution in [0.15, 0.2) is 24.5 Å². The van der Waals surface area contributed by atoms with Gasteiger partial charge in [-0.3, -0.25) is 0 Å². The molecule has 0 aliphatic rings. The third kappa shape index (κ3) is 1.80. The minimum atomic E-state index is -0.262. The van der Waals surface area contributed by atoms with Crippen molar-refractivity contribution in [2.24, 2.45) is 0 Å². The molecule has 1 aromatic heterocycles. The number of nitrogens with zero attached hydrogens (tertiary/aromatic N) is 2. The average Bonchev–Trinajstić information content (AvgIpc) is 2.27. The van der Waals surface area contributed by atoms with Crippen molar-refractivity contribution >= 4 is 10.9 Å². The van der Waals surface area contributed by atoms with Crippen molar-refractivity contribution in [2.75, 3.05) is 7.05 Å². The number of hydrogen-bond acceptors (Lipinski definition) is 3. The molecule has 0 bridgehead atoms. The van der Waals surface area contributed by atoms with Gasteiger partial charge in [0.25, 0.3) is 0 Å². The van der Waals surface area contributed by atoms with Crippen molar-refractivity contribution < 1.29 is 4.39 Å². The quantitative estimate of drug-likeness (QED) is 0.815. The van der Waals surface area contributed by atoms with Crippen LogP contribution in [-0.4, -0.2) is 17.0 Å². The van der Waals surface area contributed by atoms with E-state index in [9.17, 15) is 4.39 Å². The van der Waals surface area contributed by atoms with Crippen molar-refractivity contribution in [3.05, 3.63) is 36.0 Å². The predicted octanol–water partition coefficient (Wildman–Crippen LogP) is 2.05. The Hall–Kier alpha value is -1.55. The lowest BCUT2D eigenvalue weighted by atomic mass is 10.1. The Balaban J connectivity index is 2.68. The van der Waals surface area contributed by atoms with E-state index in [4.69, 9.17) is 0 Å². The van der Waals surface area contributed by atoms with Crippen molar-refractivity contribution in [3.63, 3.8) is 0 Å². The Morgan fingerprint density at radius 1 is 1.33 bits per heavy atom. The molecule has 4 heteroatoms. The van der Waals surface area contributed by atoms with Gasteiger partial charge >= 0.3 is 0 Å². The molecule has 0 spiro atoms. The maximum absolute atomic E-state index is 13.1. The Morgan fingerprint density at radius 2 is 2.13 bits per heavy atom. The second-order valence-corrected chi connectivity index (χ2v) is 3.43. The van der Waals surface area contributed by atoms with Crippen LogP contribution < -0.4 is 5.32 Å². The van der Waals surface area contributed by atoms with E-state index in [0.29, 0.717) is 0 Å². The van der Waals surface area contributed by atoms with E-state index < -0.39 is 0 Å².